The summed E-state index contributed by atoms with van der Waals surface area (Å²) < 4.78 is 2.97. The van der Waals surface area contributed by atoms with Crippen molar-refractivity contribution in [3.8, 4) is 11.4 Å². The molecule has 1 aromatic heterocycles. The average Bonchev–Trinajstić information content (AvgIpc) is 2.49. The summed E-state index contributed by atoms with van der Waals surface area (Å²) in [6.45, 7) is 5.12. The minimum atomic E-state index is 0.738. The molecule has 0 radical (unpaired) electrons. The summed E-state index contributed by atoms with van der Waals surface area (Å²) in [6, 6.07) is 6.03. The molecule has 0 aliphatic rings. The van der Waals surface area contributed by atoms with Gasteiger partial charge in [0.2, 0.25) is 0 Å². The summed E-state index contributed by atoms with van der Waals surface area (Å²) in [4.78, 5) is 9.32. The first kappa shape index (κ1) is 16.9. The number of aromatic nitrogens is 2. The van der Waals surface area contributed by atoms with Gasteiger partial charge in [-0.05, 0) is 78.8 Å². The van der Waals surface area contributed by atoms with E-state index < -0.39 is 0 Å². The first-order valence-electron chi connectivity index (χ1n) is 6.82. The molecular weight excluding hydrogens is 462 g/mol. The van der Waals surface area contributed by atoms with E-state index >= 15 is 0 Å². The highest BCUT2D eigenvalue weighted by atomic mass is 79.9. The molecule has 2 rings (SSSR count). The van der Waals surface area contributed by atoms with Crippen molar-refractivity contribution in [3.63, 3.8) is 0 Å². The highest BCUT2D eigenvalue weighted by Gasteiger charge is 2.13. The van der Waals surface area contributed by atoms with Crippen molar-refractivity contribution in [2.24, 2.45) is 0 Å². The van der Waals surface area contributed by atoms with Crippen LogP contribution in [0, 0.1) is 0 Å². The number of benzene rings is 1. The van der Waals surface area contributed by atoms with Gasteiger partial charge >= 0.3 is 0 Å². The quantitative estimate of drug-likeness (QED) is 0.590. The predicted octanol–water partition coefficient (Wildman–Crippen LogP) is 5.82. The van der Waals surface area contributed by atoms with E-state index in [1.807, 2.05) is 18.2 Å². The standard InChI is InChI=1S/C15H16Br3N3/c1-3-7-19-15-13(18)12(4-2)20-14(21-15)9-5-6-10(16)11(17)8-9/h5-6,8H,3-4,7H2,1-2H3,(H,19,20,21). The van der Waals surface area contributed by atoms with Crippen LogP contribution in [-0.2, 0) is 6.42 Å². The summed E-state index contributed by atoms with van der Waals surface area (Å²) in [5, 5.41) is 3.35. The Hall–Kier alpha value is -0.460. The Morgan fingerprint density at radius 3 is 2.43 bits per heavy atom. The number of nitrogens with zero attached hydrogens (tertiary/aromatic N) is 2. The maximum atomic E-state index is 4.67. The summed E-state index contributed by atoms with van der Waals surface area (Å²) in [6.07, 6.45) is 1.91. The Labute approximate surface area is 150 Å². The fourth-order valence-electron chi connectivity index (χ4n) is 1.85. The SMILES string of the molecule is CCCNc1nc(-c2ccc(Br)c(Br)c2)nc(CC)c1Br. The lowest BCUT2D eigenvalue weighted by molar-refractivity contribution is 0.944. The second-order valence-corrected chi connectivity index (χ2v) is 7.07. The van der Waals surface area contributed by atoms with E-state index in [0.29, 0.717) is 0 Å². The van der Waals surface area contributed by atoms with E-state index in [2.05, 4.69) is 76.9 Å². The molecule has 0 fully saturated rings. The zero-order valence-electron chi connectivity index (χ0n) is 11.9. The normalized spacial score (nSPS) is 10.7. The van der Waals surface area contributed by atoms with Gasteiger partial charge in [0.15, 0.2) is 5.82 Å². The van der Waals surface area contributed by atoms with Crippen LogP contribution in [0.15, 0.2) is 31.6 Å². The van der Waals surface area contributed by atoms with Gasteiger partial charge in [-0.3, -0.25) is 0 Å². The molecule has 0 saturated carbocycles. The molecule has 0 amide bonds. The number of hydrogen-bond acceptors (Lipinski definition) is 3. The zero-order valence-corrected chi connectivity index (χ0v) is 16.6. The van der Waals surface area contributed by atoms with Gasteiger partial charge in [0.05, 0.1) is 10.2 Å². The van der Waals surface area contributed by atoms with Gasteiger partial charge in [0, 0.05) is 21.1 Å². The van der Waals surface area contributed by atoms with Crippen molar-refractivity contribution in [1.82, 2.24) is 9.97 Å². The van der Waals surface area contributed by atoms with Crippen LogP contribution in [0.4, 0.5) is 5.82 Å². The summed E-state index contributed by atoms with van der Waals surface area (Å²) in [5.74, 6) is 1.60. The number of aryl methyl sites for hydroxylation is 1. The van der Waals surface area contributed by atoms with Crippen LogP contribution in [0.2, 0.25) is 0 Å². The molecular formula is C15H16Br3N3. The molecule has 21 heavy (non-hydrogen) atoms. The Kier molecular flexibility index (Phi) is 6.20. The van der Waals surface area contributed by atoms with Crippen LogP contribution in [-0.4, -0.2) is 16.5 Å². The Morgan fingerprint density at radius 1 is 1.05 bits per heavy atom. The monoisotopic (exact) mass is 475 g/mol. The fraction of sp³-hybridized carbons (Fsp3) is 0.333. The van der Waals surface area contributed by atoms with Gasteiger partial charge < -0.3 is 5.32 Å². The largest absolute Gasteiger partial charge is 0.369 e. The van der Waals surface area contributed by atoms with E-state index in [4.69, 9.17) is 0 Å². The van der Waals surface area contributed by atoms with Gasteiger partial charge in [-0.25, -0.2) is 9.97 Å². The van der Waals surface area contributed by atoms with E-state index in [9.17, 15) is 0 Å². The van der Waals surface area contributed by atoms with E-state index in [1.165, 1.54) is 0 Å². The zero-order chi connectivity index (χ0) is 15.4. The molecule has 1 aromatic carbocycles. The molecule has 0 unspecified atom stereocenters. The Balaban J connectivity index is 2.49. The Morgan fingerprint density at radius 2 is 1.81 bits per heavy atom. The molecule has 0 spiro atoms. The van der Waals surface area contributed by atoms with Crippen molar-refractivity contribution >= 4 is 53.6 Å². The molecule has 3 nitrogen and oxygen atoms in total. The molecule has 0 atom stereocenters. The van der Waals surface area contributed by atoms with Gasteiger partial charge in [-0.15, -0.1) is 0 Å². The topological polar surface area (TPSA) is 37.8 Å². The molecule has 1 N–H and O–H groups in total. The van der Waals surface area contributed by atoms with Crippen LogP contribution < -0.4 is 5.32 Å². The second-order valence-electron chi connectivity index (χ2n) is 4.57. The average molecular weight is 478 g/mol. The van der Waals surface area contributed by atoms with Crippen molar-refractivity contribution in [2.75, 3.05) is 11.9 Å². The number of anilines is 1. The van der Waals surface area contributed by atoms with Crippen LogP contribution in [0.25, 0.3) is 11.4 Å². The third kappa shape index (κ3) is 4.05. The molecule has 1 heterocycles. The molecule has 0 bridgehead atoms. The van der Waals surface area contributed by atoms with Crippen LogP contribution in [0.3, 0.4) is 0 Å². The third-order valence-corrected chi connectivity index (χ3v) is 5.69. The maximum Gasteiger partial charge on any atom is 0.161 e. The highest BCUT2D eigenvalue weighted by molar-refractivity contribution is 9.13. The van der Waals surface area contributed by atoms with E-state index in [-0.39, 0.29) is 0 Å². The molecule has 0 aliphatic heterocycles. The first-order chi connectivity index (χ1) is 10.1. The minimum absolute atomic E-state index is 0.738. The fourth-order valence-corrected chi connectivity index (χ4v) is 3.08. The lowest BCUT2D eigenvalue weighted by Gasteiger charge is -2.12. The second kappa shape index (κ2) is 7.70. The van der Waals surface area contributed by atoms with Gasteiger partial charge in [0.1, 0.15) is 5.82 Å². The molecule has 0 aliphatic carbocycles. The van der Waals surface area contributed by atoms with Gasteiger partial charge in [0.25, 0.3) is 0 Å². The van der Waals surface area contributed by atoms with Gasteiger partial charge in [-0.1, -0.05) is 13.8 Å². The predicted molar refractivity (Wildman–Crippen MR) is 98.7 cm³/mol. The summed E-state index contributed by atoms with van der Waals surface area (Å²) in [7, 11) is 0. The summed E-state index contributed by atoms with van der Waals surface area (Å²) >= 11 is 10.6. The molecule has 0 saturated heterocycles. The maximum absolute atomic E-state index is 4.67. The summed E-state index contributed by atoms with van der Waals surface area (Å²) in [5.41, 5.74) is 2.00. The minimum Gasteiger partial charge on any atom is -0.369 e. The number of hydrogen-bond donors (Lipinski definition) is 1. The van der Waals surface area contributed by atoms with Gasteiger partial charge in [-0.2, -0.15) is 0 Å². The van der Waals surface area contributed by atoms with Crippen molar-refractivity contribution < 1.29 is 0 Å². The lowest BCUT2D eigenvalue weighted by Crippen LogP contribution is -2.07. The van der Waals surface area contributed by atoms with Crippen molar-refractivity contribution in [1.29, 1.82) is 0 Å². The van der Waals surface area contributed by atoms with E-state index in [0.717, 1.165) is 55.7 Å². The Bertz CT molecular complexity index is 644. The smallest absolute Gasteiger partial charge is 0.161 e. The molecule has 6 heteroatoms. The number of rotatable bonds is 5. The molecule has 112 valence electrons. The lowest BCUT2D eigenvalue weighted by atomic mass is 10.2. The van der Waals surface area contributed by atoms with Crippen LogP contribution >= 0.6 is 47.8 Å². The first-order valence-corrected chi connectivity index (χ1v) is 9.20. The van der Waals surface area contributed by atoms with Crippen LogP contribution in [0.5, 0.6) is 0 Å². The number of nitrogens with one attached hydrogen (secondary N) is 1. The highest BCUT2D eigenvalue weighted by Crippen LogP contribution is 2.31. The third-order valence-electron chi connectivity index (χ3n) is 2.97. The van der Waals surface area contributed by atoms with Crippen molar-refractivity contribution in [3.05, 3.63) is 37.3 Å². The van der Waals surface area contributed by atoms with Crippen molar-refractivity contribution in [2.45, 2.75) is 26.7 Å². The van der Waals surface area contributed by atoms with E-state index in [1.54, 1.807) is 0 Å². The number of halogens is 3. The van der Waals surface area contributed by atoms with Crippen LogP contribution in [0.1, 0.15) is 26.0 Å². The molecule has 2 aromatic rings.